The molecule has 0 unspecified atom stereocenters. The van der Waals surface area contributed by atoms with Gasteiger partial charge in [0.15, 0.2) is 5.82 Å². The standard InChI is InChI=1S/C10H7BrN4O2S/c11-8-3-1-2-4-9(8)18(16,17)15-10-7(5-12)6-13-14-10/h1-4,6H,(H2,13,14,15). The van der Waals surface area contributed by atoms with Gasteiger partial charge in [-0.15, -0.1) is 0 Å². The number of nitriles is 1. The third-order valence-electron chi connectivity index (χ3n) is 2.12. The quantitative estimate of drug-likeness (QED) is 0.898. The molecule has 18 heavy (non-hydrogen) atoms. The summed E-state index contributed by atoms with van der Waals surface area (Å²) in [6, 6.07) is 8.22. The van der Waals surface area contributed by atoms with Crippen LogP contribution in [0.15, 0.2) is 39.8 Å². The van der Waals surface area contributed by atoms with Gasteiger partial charge in [0.05, 0.1) is 6.20 Å². The SMILES string of the molecule is N#Cc1cn[nH]c1NS(=O)(=O)c1ccccc1Br. The normalized spacial score (nSPS) is 10.9. The molecule has 2 aromatic rings. The number of aromatic nitrogens is 2. The molecule has 1 heterocycles. The highest BCUT2D eigenvalue weighted by Gasteiger charge is 2.19. The van der Waals surface area contributed by atoms with E-state index in [-0.39, 0.29) is 16.3 Å². The molecule has 0 aliphatic rings. The van der Waals surface area contributed by atoms with Crippen molar-refractivity contribution in [2.45, 2.75) is 4.90 Å². The molecule has 2 N–H and O–H groups in total. The summed E-state index contributed by atoms with van der Waals surface area (Å²) >= 11 is 3.16. The van der Waals surface area contributed by atoms with Gasteiger partial charge in [-0.25, -0.2) is 8.42 Å². The lowest BCUT2D eigenvalue weighted by molar-refractivity contribution is 0.600. The van der Waals surface area contributed by atoms with Crippen molar-refractivity contribution in [3.63, 3.8) is 0 Å². The molecular formula is C10H7BrN4O2S. The molecule has 0 radical (unpaired) electrons. The lowest BCUT2D eigenvalue weighted by Crippen LogP contribution is -2.14. The second-order valence-electron chi connectivity index (χ2n) is 3.31. The van der Waals surface area contributed by atoms with Gasteiger partial charge in [0.1, 0.15) is 16.5 Å². The third kappa shape index (κ3) is 2.37. The predicted octanol–water partition coefficient (Wildman–Crippen LogP) is 1.84. The van der Waals surface area contributed by atoms with Gasteiger partial charge >= 0.3 is 0 Å². The Kier molecular flexibility index (Phi) is 3.36. The fourth-order valence-corrected chi connectivity index (χ4v) is 3.34. The lowest BCUT2D eigenvalue weighted by atomic mass is 10.4. The molecule has 0 saturated heterocycles. The first-order valence-electron chi connectivity index (χ1n) is 4.75. The predicted molar refractivity (Wildman–Crippen MR) is 68.3 cm³/mol. The Bertz CT molecular complexity index is 717. The number of benzene rings is 1. The van der Waals surface area contributed by atoms with Crippen molar-refractivity contribution in [2.75, 3.05) is 4.72 Å². The topological polar surface area (TPSA) is 98.6 Å². The van der Waals surface area contributed by atoms with Gasteiger partial charge in [0.25, 0.3) is 10.0 Å². The van der Waals surface area contributed by atoms with Crippen LogP contribution in [0.3, 0.4) is 0 Å². The Morgan fingerprint density at radius 3 is 2.78 bits per heavy atom. The first-order valence-corrected chi connectivity index (χ1v) is 7.03. The van der Waals surface area contributed by atoms with Crippen LogP contribution in [0.1, 0.15) is 5.56 Å². The molecule has 1 aromatic heterocycles. The number of hydrogen-bond donors (Lipinski definition) is 2. The maximum absolute atomic E-state index is 12.1. The fraction of sp³-hybridized carbons (Fsp3) is 0. The van der Waals surface area contributed by atoms with Crippen molar-refractivity contribution in [3.8, 4) is 6.07 Å². The third-order valence-corrected chi connectivity index (χ3v) is 4.48. The van der Waals surface area contributed by atoms with E-state index in [9.17, 15) is 8.42 Å². The summed E-state index contributed by atoms with van der Waals surface area (Å²) in [6.45, 7) is 0. The summed E-state index contributed by atoms with van der Waals surface area (Å²) in [4.78, 5) is 0.0866. The highest BCUT2D eigenvalue weighted by atomic mass is 79.9. The number of anilines is 1. The van der Waals surface area contributed by atoms with E-state index in [1.54, 1.807) is 18.2 Å². The van der Waals surface area contributed by atoms with Crippen LogP contribution in [-0.2, 0) is 10.0 Å². The molecule has 8 heteroatoms. The maximum atomic E-state index is 12.1. The molecule has 0 aliphatic heterocycles. The smallest absolute Gasteiger partial charge is 0.263 e. The minimum absolute atomic E-state index is 0.0493. The van der Waals surface area contributed by atoms with E-state index >= 15 is 0 Å². The second-order valence-corrected chi connectivity index (χ2v) is 5.81. The average molecular weight is 327 g/mol. The number of nitrogens with zero attached hydrogens (tertiary/aromatic N) is 2. The molecule has 0 spiro atoms. The zero-order valence-electron chi connectivity index (χ0n) is 8.88. The van der Waals surface area contributed by atoms with Gasteiger partial charge in [0.2, 0.25) is 0 Å². The molecule has 0 amide bonds. The van der Waals surface area contributed by atoms with Crippen molar-refractivity contribution < 1.29 is 8.42 Å². The average Bonchev–Trinajstić information content (AvgIpc) is 2.76. The number of sulfonamides is 1. The van der Waals surface area contributed by atoms with E-state index in [0.29, 0.717) is 4.47 Å². The van der Waals surface area contributed by atoms with Crippen LogP contribution in [0.25, 0.3) is 0 Å². The van der Waals surface area contributed by atoms with Crippen molar-refractivity contribution in [1.82, 2.24) is 10.2 Å². The molecule has 92 valence electrons. The summed E-state index contributed by atoms with van der Waals surface area (Å²) in [5, 5.41) is 14.8. The van der Waals surface area contributed by atoms with Gasteiger partial charge in [0, 0.05) is 4.47 Å². The summed E-state index contributed by atoms with van der Waals surface area (Å²) in [5.74, 6) is 0.0493. The van der Waals surface area contributed by atoms with Crippen LogP contribution < -0.4 is 4.72 Å². The fourth-order valence-electron chi connectivity index (χ4n) is 1.30. The highest BCUT2D eigenvalue weighted by Crippen LogP contribution is 2.23. The minimum Gasteiger partial charge on any atom is -0.263 e. The Morgan fingerprint density at radius 2 is 2.11 bits per heavy atom. The van der Waals surface area contributed by atoms with Gasteiger partial charge in [-0.2, -0.15) is 10.4 Å². The Labute approximate surface area is 112 Å². The minimum atomic E-state index is -3.77. The number of aromatic amines is 1. The van der Waals surface area contributed by atoms with Crippen molar-refractivity contribution in [3.05, 3.63) is 40.5 Å². The number of halogens is 1. The van der Waals surface area contributed by atoms with Crippen LogP contribution in [0.5, 0.6) is 0 Å². The van der Waals surface area contributed by atoms with Gasteiger partial charge in [-0.1, -0.05) is 12.1 Å². The summed E-state index contributed by atoms with van der Waals surface area (Å²) in [7, 11) is -3.77. The highest BCUT2D eigenvalue weighted by molar-refractivity contribution is 9.10. The Balaban J connectivity index is 2.41. The largest absolute Gasteiger partial charge is 0.264 e. The Morgan fingerprint density at radius 1 is 1.39 bits per heavy atom. The Hall–Kier alpha value is -1.85. The van der Waals surface area contributed by atoms with Crippen molar-refractivity contribution in [1.29, 1.82) is 5.26 Å². The van der Waals surface area contributed by atoms with Gasteiger partial charge in [-0.3, -0.25) is 9.82 Å². The van der Waals surface area contributed by atoms with Gasteiger partial charge in [-0.05, 0) is 28.1 Å². The number of nitrogens with one attached hydrogen (secondary N) is 2. The maximum Gasteiger partial charge on any atom is 0.264 e. The van der Waals surface area contributed by atoms with Crippen LogP contribution in [0.4, 0.5) is 5.82 Å². The molecule has 0 bridgehead atoms. The van der Waals surface area contributed by atoms with Crippen LogP contribution in [0, 0.1) is 11.3 Å². The number of H-pyrrole nitrogens is 1. The molecule has 1 aromatic carbocycles. The van der Waals surface area contributed by atoms with Crippen molar-refractivity contribution >= 4 is 31.8 Å². The summed E-state index contributed by atoms with van der Waals surface area (Å²) in [6.07, 6.45) is 1.25. The first kappa shape index (κ1) is 12.6. The van der Waals surface area contributed by atoms with Crippen LogP contribution in [-0.4, -0.2) is 18.6 Å². The zero-order valence-corrected chi connectivity index (χ0v) is 11.3. The number of rotatable bonds is 3. The van der Waals surface area contributed by atoms with Gasteiger partial charge < -0.3 is 0 Å². The summed E-state index contributed by atoms with van der Waals surface area (Å²) < 4.78 is 26.9. The first-order chi connectivity index (χ1) is 8.54. The van der Waals surface area contributed by atoms with E-state index in [4.69, 9.17) is 5.26 Å². The van der Waals surface area contributed by atoms with Crippen LogP contribution >= 0.6 is 15.9 Å². The molecule has 0 fully saturated rings. The molecule has 2 rings (SSSR count). The van der Waals surface area contributed by atoms with E-state index < -0.39 is 10.0 Å². The monoisotopic (exact) mass is 326 g/mol. The molecule has 0 aliphatic carbocycles. The zero-order chi connectivity index (χ0) is 13.2. The van der Waals surface area contributed by atoms with Crippen LogP contribution in [0.2, 0.25) is 0 Å². The van der Waals surface area contributed by atoms with E-state index in [1.807, 2.05) is 6.07 Å². The van der Waals surface area contributed by atoms with E-state index in [0.717, 1.165) is 0 Å². The van der Waals surface area contributed by atoms with E-state index in [1.165, 1.54) is 12.3 Å². The molecular weight excluding hydrogens is 320 g/mol. The molecule has 0 atom stereocenters. The lowest BCUT2D eigenvalue weighted by Gasteiger charge is -2.07. The second kappa shape index (κ2) is 4.80. The van der Waals surface area contributed by atoms with Crippen molar-refractivity contribution in [2.24, 2.45) is 0 Å². The summed E-state index contributed by atoms with van der Waals surface area (Å²) in [5.41, 5.74) is 0.130. The number of hydrogen-bond acceptors (Lipinski definition) is 4. The molecule has 6 nitrogen and oxygen atoms in total. The van der Waals surface area contributed by atoms with E-state index in [2.05, 4.69) is 30.8 Å². The molecule has 0 saturated carbocycles.